The maximum atomic E-state index is 12.0. The van der Waals surface area contributed by atoms with Crippen molar-refractivity contribution in [3.05, 3.63) is 23.8 Å². The number of aromatic carboxylic acids is 1. The van der Waals surface area contributed by atoms with Gasteiger partial charge >= 0.3 is 11.2 Å². The number of benzene rings is 1. The first kappa shape index (κ1) is 12.5. The first-order valence-electron chi connectivity index (χ1n) is 4.96. The number of carbonyl (C=O) groups excluding carboxylic acids is 1. The number of nitrogens with zero attached hydrogens (tertiary/aromatic N) is 3. The zero-order valence-corrected chi connectivity index (χ0v) is 10.6. The fourth-order valence-corrected chi connectivity index (χ4v) is 3.12. The molecular weight excluding hydrogens is 258 g/mol. The molecule has 1 N–H and O–H groups in total. The fraction of sp³-hybridized carbons (Fsp3) is 0.200. The molecule has 1 unspecified atom stereocenters. The van der Waals surface area contributed by atoms with Crippen molar-refractivity contribution in [2.75, 3.05) is 14.2 Å². The maximum Gasteiger partial charge on any atom is 0.336 e. The van der Waals surface area contributed by atoms with Gasteiger partial charge in [0.25, 0.3) is 0 Å². The molecule has 7 nitrogen and oxygen atoms in total. The van der Waals surface area contributed by atoms with Crippen LogP contribution in [0.5, 0.6) is 0 Å². The lowest BCUT2D eigenvalue weighted by Gasteiger charge is -2.19. The lowest BCUT2D eigenvalue weighted by atomic mass is 10.2. The molecule has 1 amide bonds. The second-order valence-electron chi connectivity index (χ2n) is 3.44. The van der Waals surface area contributed by atoms with Gasteiger partial charge in [-0.15, -0.1) is 9.63 Å². The summed E-state index contributed by atoms with van der Waals surface area (Å²) >= 11 is -1.68. The van der Waals surface area contributed by atoms with E-state index in [2.05, 4.69) is 9.63 Å². The summed E-state index contributed by atoms with van der Waals surface area (Å²) in [6, 6.07) is 4.64. The quantitative estimate of drug-likeness (QED) is 0.637. The number of amides is 1. The normalized spacial score (nSPS) is 18.4. The number of carbonyl (C=O) groups is 2. The van der Waals surface area contributed by atoms with E-state index in [4.69, 9.17) is 9.94 Å². The van der Waals surface area contributed by atoms with E-state index in [0.29, 0.717) is 10.6 Å². The van der Waals surface area contributed by atoms with E-state index in [1.54, 1.807) is 12.1 Å². The van der Waals surface area contributed by atoms with Crippen LogP contribution in [0.15, 0.2) is 32.7 Å². The molecule has 96 valence electrons. The Hall–Kier alpha value is -1.93. The van der Waals surface area contributed by atoms with Crippen LogP contribution in [0.2, 0.25) is 0 Å². The summed E-state index contributed by atoms with van der Waals surface area (Å²) in [5.41, 5.74) is 0.486. The van der Waals surface area contributed by atoms with Crippen molar-refractivity contribution >= 4 is 28.0 Å². The molecule has 0 bridgehead atoms. The molecule has 0 radical (unpaired) electrons. The van der Waals surface area contributed by atoms with Gasteiger partial charge in [0, 0.05) is 7.05 Å². The van der Waals surface area contributed by atoms with E-state index in [-0.39, 0.29) is 5.56 Å². The van der Waals surface area contributed by atoms with Crippen LogP contribution >= 0.6 is 11.1 Å². The van der Waals surface area contributed by atoms with E-state index in [1.165, 1.54) is 20.2 Å². The molecule has 1 atom stereocenters. The summed E-state index contributed by atoms with van der Waals surface area (Å²) in [5, 5.41) is 13.6. The number of hydroxylamine groups is 2. The lowest BCUT2D eigenvalue weighted by Crippen LogP contribution is -2.23. The van der Waals surface area contributed by atoms with E-state index in [9.17, 15) is 9.59 Å². The summed E-state index contributed by atoms with van der Waals surface area (Å²) < 4.78 is 3.87. The summed E-state index contributed by atoms with van der Waals surface area (Å²) in [7, 11) is 2.80. The van der Waals surface area contributed by atoms with Crippen LogP contribution in [-0.4, -0.2) is 35.5 Å². The van der Waals surface area contributed by atoms with Crippen LogP contribution in [0.25, 0.3) is 0 Å². The van der Waals surface area contributed by atoms with E-state index < -0.39 is 22.3 Å². The molecule has 0 saturated carbocycles. The van der Waals surface area contributed by atoms with Crippen molar-refractivity contribution in [1.29, 1.82) is 0 Å². The Kier molecular flexibility index (Phi) is 3.30. The highest BCUT2D eigenvalue weighted by Crippen LogP contribution is 2.52. The van der Waals surface area contributed by atoms with Gasteiger partial charge < -0.3 is 5.11 Å². The molecule has 2 rings (SSSR count). The molecule has 18 heavy (non-hydrogen) atoms. The van der Waals surface area contributed by atoms with Crippen LogP contribution in [0, 0.1) is 0 Å². The van der Waals surface area contributed by atoms with Crippen molar-refractivity contribution in [2.24, 2.45) is 9.63 Å². The minimum absolute atomic E-state index is 0.0569. The van der Waals surface area contributed by atoms with E-state index in [1.807, 2.05) is 0 Å². The SMILES string of the molecule is CON(C)C(=O)[SH]1N=Nc2cccc(C(=O)O)c21. The molecule has 1 aliphatic heterocycles. The van der Waals surface area contributed by atoms with Gasteiger partial charge in [-0.05, 0) is 23.2 Å². The lowest BCUT2D eigenvalue weighted by molar-refractivity contribution is -0.0549. The second-order valence-corrected chi connectivity index (χ2v) is 5.07. The number of carboxylic acids is 1. The largest absolute Gasteiger partial charge is 0.478 e. The second kappa shape index (κ2) is 4.75. The molecule has 1 aromatic rings. The zero-order valence-electron chi connectivity index (χ0n) is 9.69. The Bertz CT molecular complexity index is 546. The van der Waals surface area contributed by atoms with Gasteiger partial charge in [0.1, 0.15) is 5.69 Å². The van der Waals surface area contributed by atoms with Crippen LogP contribution in [0.3, 0.4) is 0 Å². The molecule has 1 aliphatic rings. The standard InChI is InChI=1S/C10H11N3O4S/c1-13(17-2)10(16)18-8-6(9(14)15)4-3-5-7(8)11-12-18/h3-5,18H,1-2H3,(H,14,15). The number of hydrogen-bond donors (Lipinski definition) is 2. The zero-order chi connectivity index (χ0) is 13.3. The van der Waals surface area contributed by atoms with E-state index >= 15 is 0 Å². The van der Waals surface area contributed by atoms with E-state index in [0.717, 1.165) is 5.06 Å². The molecule has 0 saturated heterocycles. The van der Waals surface area contributed by atoms with Gasteiger partial charge in [0.05, 0.1) is 17.6 Å². The summed E-state index contributed by atoms with van der Waals surface area (Å²) in [6.07, 6.45) is 0. The Morgan fingerprint density at radius 2 is 2.17 bits per heavy atom. The first-order chi connectivity index (χ1) is 8.56. The average molecular weight is 269 g/mol. The third-order valence-corrected chi connectivity index (χ3v) is 4.23. The van der Waals surface area contributed by atoms with Crippen LogP contribution < -0.4 is 0 Å². The highest BCUT2D eigenvalue weighted by Gasteiger charge is 2.31. The van der Waals surface area contributed by atoms with Gasteiger partial charge in [0.2, 0.25) is 0 Å². The third-order valence-electron chi connectivity index (χ3n) is 2.42. The minimum atomic E-state index is -1.68. The van der Waals surface area contributed by atoms with Crippen molar-refractivity contribution in [1.82, 2.24) is 5.06 Å². The molecule has 1 heterocycles. The molecule has 0 aromatic heterocycles. The number of thiol groups is 1. The highest BCUT2D eigenvalue weighted by molar-refractivity contribution is 8.28. The van der Waals surface area contributed by atoms with Crippen LogP contribution in [0.4, 0.5) is 10.5 Å². The summed E-state index contributed by atoms with van der Waals surface area (Å²) in [5.74, 6) is -1.10. The molecule has 8 heteroatoms. The topological polar surface area (TPSA) is 91.6 Å². The summed E-state index contributed by atoms with van der Waals surface area (Å²) in [6.45, 7) is 0. The van der Waals surface area contributed by atoms with Crippen molar-refractivity contribution < 1.29 is 19.5 Å². The predicted octanol–water partition coefficient (Wildman–Crippen LogP) is 2.37. The molecule has 0 aliphatic carbocycles. The van der Waals surface area contributed by atoms with Crippen molar-refractivity contribution in [2.45, 2.75) is 4.90 Å². The fourth-order valence-electron chi connectivity index (χ4n) is 1.49. The number of hydrogen-bond acceptors (Lipinski definition) is 5. The van der Waals surface area contributed by atoms with Gasteiger partial charge in [-0.3, -0.25) is 9.63 Å². The molecular formula is C10H11N3O4S. The first-order valence-corrected chi connectivity index (χ1v) is 6.25. The number of carboxylic acid groups (broad SMARTS) is 1. The smallest absolute Gasteiger partial charge is 0.336 e. The molecule has 0 fully saturated rings. The highest BCUT2D eigenvalue weighted by atomic mass is 32.2. The molecule has 0 spiro atoms. The third kappa shape index (κ3) is 1.95. The predicted molar refractivity (Wildman–Crippen MR) is 65.3 cm³/mol. The Labute approximate surface area is 106 Å². The monoisotopic (exact) mass is 269 g/mol. The molecule has 1 aromatic carbocycles. The maximum absolute atomic E-state index is 12.0. The van der Waals surface area contributed by atoms with Gasteiger partial charge in [0.15, 0.2) is 0 Å². The number of rotatable bonds is 2. The van der Waals surface area contributed by atoms with Crippen molar-refractivity contribution in [3.8, 4) is 0 Å². The van der Waals surface area contributed by atoms with Crippen LogP contribution in [0.1, 0.15) is 10.4 Å². The van der Waals surface area contributed by atoms with Gasteiger partial charge in [-0.2, -0.15) is 0 Å². The van der Waals surface area contributed by atoms with Crippen molar-refractivity contribution in [3.63, 3.8) is 0 Å². The van der Waals surface area contributed by atoms with Gasteiger partial charge in [-0.1, -0.05) is 6.07 Å². The van der Waals surface area contributed by atoms with Crippen LogP contribution in [-0.2, 0) is 4.84 Å². The number of fused-ring (bicyclic) bond motifs is 1. The Morgan fingerprint density at radius 1 is 1.44 bits per heavy atom. The Balaban J connectivity index is 2.46. The van der Waals surface area contributed by atoms with Gasteiger partial charge in [-0.25, -0.2) is 9.86 Å². The average Bonchev–Trinajstić information content (AvgIpc) is 2.80. The Morgan fingerprint density at radius 3 is 2.78 bits per heavy atom. The summed E-state index contributed by atoms with van der Waals surface area (Å²) in [4.78, 5) is 28.3. The minimum Gasteiger partial charge on any atom is -0.478 e.